The molecule has 0 radical (unpaired) electrons. The lowest BCUT2D eigenvalue weighted by atomic mass is 10.2. The highest BCUT2D eigenvalue weighted by Crippen LogP contribution is 2.06. The fourth-order valence-electron chi connectivity index (χ4n) is 1.75. The molecule has 1 aromatic carbocycles. The van der Waals surface area contributed by atoms with Crippen molar-refractivity contribution in [2.75, 3.05) is 5.32 Å². The summed E-state index contributed by atoms with van der Waals surface area (Å²) in [6.07, 6.45) is 4.15. The third-order valence-electron chi connectivity index (χ3n) is 2.90. The molecule has 0 saturated heterocycles. The first kappa shape index (κ1) is 17.0. The molecule has 3 amide bonds. The predicted molar refractivity (Wildman–Crippen MR) is 88.3 cm³/mol. The highest BCUT2D eigenvalue weighted by atomic mass is 16.3. The average molecular weight is 327 g/mol. The number of hydrogen-bond donors (Lipinski definition) is 3. The molecule has 1 heterocycles. The summed E-state index contributed by atoms with van der Waals surface area (Å²) in [5.41, 5.74) is 5.12. The van der Waals surface area contributed by atoms with Crippen molar-refractivity contribution in [1.82, 2.24) is 10.9 Å². The zero-order chi connectivity index (χ0) is 17.2. The van der Waals surface area contributed by atoms with Gasteiger partial charge in [-0.15, -0.1) is 0 Å². The van der Waals surface area contributed by atoms with Gasteiger partial charge < -0.3 is 9.73 Å². The molecule has 1 aromatic heterocycles. The lowest BCUT2D eigenvalue weighted by Gasteiger charge is -2.06. The predicted octanol–water partition coefficient (Wildman–Crippen LogP) is 1.86. The van der Waals surface area contributed by atoms with E-state index >= 15 is 0 Å². The molecule has 7 nitrogen and oxygen atoms in total. The Morgan fingerprint density at radius 1 is 0.917 bits per heavy atom. The molecule has 2 aromatic rings. The van der Waals surface area contributed by atoms with E-state index in [-0.39, 0.29) is 18.7 Å². The van der Waals surface area contributed by atoms with Crippen LogP contribution in [0.4, 0.5) is 5.69 Å². The van der Waals surface area contributed by atoms with Gasteiger partial charge in [0.15, 0.2) is 0 Å². The molecule has 0 aliphatic rings. The highest BCUT2D eigenvalue weighted by Gasteiger charge is 2.07. The Labute approximate surface area is 138 Å². The maximum absolute atomic E-state index is 11.7. The summed E-state index contributed by atoms with van der Waals surface area (Å²) in [4.78, 5) is 34.8. The summed E-state index contributed by atoms with van der Waals surface area (Å²) in [7, 11) is 0. The Morgan fingerprint density at radius 2 is 1.67 bits per heavy atom. The SMILES string of the molecule is O=C(C=Cc1ccco1)NNC(=O)CCC(=O)Nc1ccccc1. The Hall–Kier alpha value is -3.35. The van der Waals surface area contributed by atoms with E-state index in [0.717, 1.165) is 0 Å². The second-order valence-electron chi connectivity index (χ2n) is 4.80. The summed E-state index contributed by atoms with van der Waals surface area (Å²) in [6, 6.07) is 12.3. The first-order chi connectivity index (χ1) is 11.6. The third-order valence-corrected chi connectivity index (χ3v) is 2.90. The number of benzene rings is 1. The van der Waals surface area contributed by atoms with Gasteiger partial charge in [-0.05, 0) is 30.3 Å². The van der Waals surface area contributed by atoms with Gasteiger partial charge in [0.05, 0.1) is 6.26 Å². The molecule has 0 atom stereocenters. The molecule has 0 aliphatic heterocycles. The standard InChI is InChI=1S/C17H17N3O4/c21-15(18-13-5-2-1-3-6-13)10-11-17(23)20-19-16(22)9-8-14-7-4-12-24-14/h1-9,12H,10-11H2,(H,18,21)(H,19,22)(H,20,23). The number of hydrogen-bond acceptors (Lipinski definition) is 4. The molecule has 0 spiro atoms. The number of nitrogens with one attached hydrogen (secondary N) is 3. The van der Waals surface area contributed by atoms with Crippen LogP contribution in [0.5, 0.6) is 0 Å². The largest absolute Gasteiger partial charge is 0.465 e. The fourth-order valence-corrected chi connectivity index (χ4v) is 1.75. The number of hydrazine groups is 1. The number of carbonyl (C=O) groups excluding carboxylic acids is 3. The zero-order valence-electron chi connectivity index (χ0n) is 12.8. The maximum atomic E-state index is 11.7. The molecule has 0 saturated carbocycles. The molecule has 0 unspecified atom stereocenters. The number of rotatable bonds is 6. The molecule has 7 heteroatoms. The third kappa shape index (κ3) is 6.18. The maximum Gasteiger partial charge on any atom is 0.262 e. The molecule has 0 aliphatic carbocycles. The normalized spacial score (nSPS) is 10.3. The minimum Gasteiger partial charge on any atom is -0.465 e. The van der Waals surface area contributed by atoms with Crippen molar-refractivity contribution in [3.8, 4) is 0 Å². The van der Waals surface area contributed by atoms with Gasteiger partial charge in [-0.2, -0.15) is 0 Å². The molecule has 0 bridgehead atoms. The van der Waals surface area contributed by atoms with E-state index in [4.69, 9.17) is 4.42 Å². The van der Waals surface area contributed by atoms with Crippen LogP contribution < -0.4 is 16.2 Å². The van der Waals surface area contributed by atoms with Crippen molar-refractivity contribution in [3.05, 3.63) is 60.6 Å². The summed E-state index contributed by atoms with van der Waals surface area (Å²) in [5.74, 6) is -0.721. The summed E-state index contributed by atoms with van der Waals surface area (Å²) in [5, 5.41) is 2.67. The molecule has 2 rings (SSSR count). The van der Waals surface area contributed by atoms with Crippen LogP contribution in [0.3, 0.4) is 0 Å². The topological polar surface area (TPSA) is 100 Å². The number of anilines is 1. The zero-order valence-corrected chi connectivity index (χ0v) is 12.8. The number of amides is 3. The number of para-hydroxylation sites is 1. The second-order valence-corrected chi connectivity index (χ2v) is 4.80. The van der Waals surface area contributed by atoms with Crippen LogP contribution in [0.25, 0.3) is 6.08 Å². The van der Waals surface area contributed by atoms with E-state index < -0.39 is 11.8 Å². The van der Waals surface area contributed by atoms with E-state index in [1.165, 1.54) is 18.4 Å². The second kappa shape index (κ2) is 8.94. The Balaban J connectivity index is 1.64. The Bertz CT molecular complexity index is 709. The molecular weight excluding hydrogens is 310 g/mol. The Kier molecular flexibility index (Phi) is 6.34. The van der Waals surface area contributed by atoms with Crippen molar-refractivity contribution in [3.63, 3.8) is 0 Å². The minimum absolute atomic E-state index is 0.0127. The molecule has 3 N–H and O–H groups in total. The molecule has 124 valence electrons. The lowest BCUT2D eigenvalue weighted by Crippen LogP contribution is -2.40. The van der Waals surface area contributed by atoms with Gasteiger partial charge >= 0.3 is 0 Å². The highest BCUT2D eigenvalue weighted by molar-refractivity contribution is 5.95. The van der Waals surface area contributed by atoms with E-state index in [2.05, 4.69) is 16.2 Å². The van der Waals surface area contributed by atoms with Gasteiger partial charge in [0.1, 0.15) is 5.76 Å². The van der Waals surface area contributed by atoms with Crippen LogP contribution in [0.15, 0.2) is 59.2 Å². The van der Waals surface area contributed by atoms with Gasteiger partial charge in [-0.25, -0.2) is 0 Å². The first-order valence-corrected chi connectivity index (χ1v) is 7.29. The summed E-state index contributed by atoms with van der Waals surface area (Å²) < 4.78 is 5.02. The number of furan rings is 1. The van der Waals surface area contributed by atoms with Crippen molar-refractivity contribution in [2.45, 2.75) is 12.8 Å². The minimum atomic E-state index is -0.506. The van der Waals surface area contributed by atoms with Crippen LogP contribution in [0.2, 0.25) is 0 Å². The van der Waals surface area contributed by atoms with E-state index in [9.17, 15) is 14.4 Å². The van der Waals surface area contributed by atoms with Crippen molar-refractivity contribution in [2.24, 2.45) is 0 Å². The van der Waals surface area contributed by atoms with E-state index in [1.807, 2.05) is 6.07 Å². The van der Waals surface area contributed by atoms with Crippen LogP contribution in [0.1, 0.15) is 18.6 Å². The van der Waals surface area contributed by atoms with Gasteiger partial charge in [0.25, 0.3) is 5.91 Å². The van der Waals surface area contributed by atoms with E-state index in [0.29, 0.717) is 11.4 Å². The summed E-state index contributed by atoms with van der Waals surface area (Å²) >= 11 is 0. The number of carbonyl (C=O) groups is 3. The smallest absolute Gasteiger partial charge is 0.262 e. The van der Waals surface area contributed by atoms with Gasteiger partial charge in [0, 0.05) is 24.6 Å². The Morgan fingerprint density at radius 3 is 2.38 bits per heavy atom. The van der Waals surface area contributed by atoms with Crippen LogP contribution >= 0.6 is 0 Å². The first-order valence-electron chi connectivity index (χ1n) is 7.29. The molecular formula is C17H17N3O4. The average Bonchev–Trinajstić information content (AvgIpc) is 3.10. The quantitative estimate of drug-likeness (QED) is 0.557. The monoisotopic (exact) mass is 327 g/mol. The van der Waals surface area contributed by atoms with Gasteiger partial charge in [-0.1, -0.05) is 18.2 Å². The van der Waals surface area contributed by atoms with Crippen molar-refractivity contribution >= 4 is 29.5 Å². The lowest BCUT2D eigenvalue weighted by molar-refractivity contribution is -0.128. The van der Waals surface area contributed by atoms with Gasteiger partial charge in [-0.3, -0.25) is 25.2 Å². The van der Waals surface area contributed by atoms with Crippen molar-refractivity contribution in [1.29, 1.82) is 0 Å². The van der Waals surface area contributed by atoms with Crippen LogP contribution in [0, 0.1) is 0 Å². The van der Waals surface area contributed by atoms with Crippen LogP contribution in [-0.4, -0.2) is 17.7 Å². The summed E-state index contributed by atoms with van der Waals surface area (Å²) in [6.45, 7) is 0. The van der Waals surface area contributed by atoms with Crippen LogP contribution in [-0.2, 0) is 14.4 Å². The van der Waals surface area contributed by atoms with Gasteiger partial charge in [0.2, 0.25) is 11.8 Å². The molecule has 24 heavy (non-hydrogen) atoms. The van der Waals surface area contributed by atoms with Crippen molar-refractivity contribution < 1.29 is 18.8 Å². The van der Waals surface area contributed by atoms with E-state index in [1.54, 1.807) is 36.4 Å². The fraction of sp³-hybridized carbons (Fsp3) is 0.118. The molecule has 0 fully saturated rings.